The molecule has 3 heterocycles. The van der Waals surface area contributed by atoms with Crippen LogP contribution in [-0.2, 0) is 19.6 Å². The van der Waals surface area contributed by atoms with Crippen molar-refractivity contribution in [1.29, 1.82) is 0 Å². The van der Waals surface area contributed by atoms with Crippen LogP contribution in [0.15, 0.2) is 23.1 Å². The summed E-state index contributed by atoms with van der Waals surface area (Å²) in [6, 6.07) is 3.87. The van der Waals surface area contributed by atoms with Crippen molar-refractivity contribution in [3.63, 3.8) is 0 Å². The van der Waals surface area contributed by atoms with Crippen LogP contribution in [0, 0.1) is 0 Å². The highest BCUT2D eigenvalue weighted by Gasteiger charge is 2.51. The van der Waals surface area contributed by atoms with Crippen molar-refractivity contribution < 1.29 is 22.7 Å². The van der Waals surface area contributed by atoms with Crippen LogP contribution in [0.2, 0.25) is 5.02 Å². The molecule has 2 unspecified atom stereocenters. The zero-order chi connectivity index (χ0) is 19.3. The SMILES string of the molecule is COc1ccc(Cl)cc1S(=O)(=O)N1C2CCC1CC(N1C(=O)CCC1=O)C2. The fraction of sp³-hybridized carbons (Fsp3) is 0.556. The molecule has 2 bridgehead atoms. The van der Waals surface area contributed by atoms with Crippen molar-refractivity contribution >= 4 is 33.4 Å². The number of piperidine rings is 1. The van der Waals surface area contributed by atoms with Gasteiger partial charge < -0.3 is 4.74 Å². The maximum absolute atomic E-state index is 13.4. The lowest BCUT2D eigenvalue weighted by molar-refractivity contribution is -0.142. The normalized spacial score (nSPS) is 28.8. The van der Waals surface area contributed by atoms with Crippen molar-refractivity contribution in [2.45, 2.75) is 61.5 Å². The van der Waals surface area contributed by atoms with Gasteiger partial charge in [0, 0.05) is 36.0 Å². The first-order chi connectivity index (χ1) is 12.8. The lowest BCUT2D eigenvalue weighted by atomic mass is 9.98. The van der Waals surface area contributed by atoms with Gasteiger partial charge in [0.25, 0.3) is 0 Å². The van der Waals surface area contributed by atoms with E-state index in [0.717, 1.165) is 12.8 Å². The Morgan fingerprint density at radius 3 is 2.19 bits per heavy atom. The average Bonchev–Trinajstić information content (AvgIpc) is 3.11. The fourth-order valence-corrected chi connectivity index (χ4v) is 6.99. The molecule has 3 aliphatic rings. The fourth-order valence-electron chi connectivity index (χ4n) is 4.68. The van der Waals surface area contributed by atoms with Crippen molar-refractivity contribution in [3.8, 4) is 5.75 Å². The zero-order valence-electron chi connectivity index (χ0n) is 14.9. The highest BCUT2D eigenvalue weighted by Crippen LogP contribution is 2.43. The Hall–Kier alpha value is -1.64. The van der Waals surface area contributed by atoms with E-state index in [9.17, 15) is 18.0 Å². The Morgan fingerprint density at radius 1 is 1.04 bits per heavy atom. The summed E-state index contributed by atoms with van der Waals surface area (Å²) in [5.74, 6) is -0.0275. The van der Waals surface area contributed by atoms with E-state index in [1.165, 1.54) is 18.1 Å². The van der Waals surface area contributed by atoms with E-state index in [1.807, 2.05) is 0 Å². The second-order valence-electron chi connectivity index (χ2n) is 7.30. The van der Waals surface area contributed by atoms with Gasteiger partial charge in [0.1, 0.15) is 10.6 Å². The van der Waals surface area contributed by atoms with Gasteiger partial charge >= 0.3 is 0 Å². The number of likely N-dealkylation sites (tertiary alicyclic amines) is 1. The molecule has 0 N–H and O–H groups in total. The molecule has 146 valence electrons. The summed E-state index contributed by atoms with van der Waals surface area (Å²) in [6.07, 6.45) is 2.92. The first kappa shape index (κ1) is 18.7. The summed E-state index contributed by atoms with van der Waals surface area (Å²) in [5.41, 5.74) is 0. The van der Waals surface area contributed by atoms with E-state index in [-0.39, 0.29) is 53.4 Å². The van der Waals surface area contributed by atoms with Crippen LogP contribution < -0.4 is 4.74 Å². The third kappa shape index (κ3) is 3.03. The summed E-state index contributed by atoms with van der Waals surface area (Å²) >= 11 is 6.03. The summed E-state index contributed by atoms with van der Waals surface area (Å²) in [6.45, 7) is 0. The molecule has 9 heteroatoms. The number of hydrogen-bond acceptors (Lipinski definition) is 5. The molecule has 1 aromatic rings. The maximum Gasteiger partial charge on any atom is 0.247 e. The summed E-state index contributed by atoms with van der Waals surface area (Å²) in [5, 5.41) is 0.324. The number of nitrogens with zero attached hydrogens (tertiary/aromatic N) is 2. The first-order valence-corrected chi connectivity index (χ1v) is 10.9. The van der Waals surface area contributed by atoms with Gasteiger partial charge in [0.2, 0.25) is 21.8 Å². The molecule has 3 fully saturated rings. The number of hydrogen-bond donors (Lipinski definition) is 0. The smallest absolute Gasteiger partial charge is 0.247 e. The quantitative estimate of drug-likeness (QED) is 0.708. The van der Waals surface area contributed by atoms with Crippen LogP contribution in [-0.4, -0.2) is 54.7 Å². The number of imide groups is 1. The number of ether oxygens (including phenoxy) is 1. The Kier molecular flexibility index (Phi) is 4.68. The monoisotopic (exact) mass is 412 g/mol. The van der Waals surface area contributed by atoms with E-state index in [1.54, 1.807) is 16.4 Å². The average molecular weight is 413 g/mol. The lowest BCUT2D eigenvalue weighted by Crippen LogP contribution is -2.53. The molecular formula is C18H21ClN2O5S. The largest absolute Gasteiger partial charge is 0.495 e. The van der Waals surface area contributed by atoms with Crippen LogP contribution in [0.3, 0.4) is 0 Å². The number of sulfonamides is 1. The molecule has 2 atom stereocenters. The molecule has 2 amide bonds. The van der Waals surface area contributed by atoms with E-state index in [4.69, 9.17) is 16.3 Å². The number of halogens is 1. The lowest BCUT2D eigenvalue weighted by Gasteiger charge is -2.40. The number of carbonyl (C=O) groups is 2. The van der Waals surface area contributed by atoms with Crippen molar-refractivity contribution in [3.05, 3.63) is 23.2 Å². The molecule has 1 aromatic carbocycles. The Bertz CT molecular complexity index is 873. The van der Waals surface area contributed by atoms with E-state index >= 15 is 0 Å². The topological polar surface area (TPSA) is 84.0 Å². The highest BCUT2D eigenvalue weighted by molar-refractivity contribution is 7.89. The molecule has 0 aliphatic carbocycles. The second kappa shape index (κ2) is 6.76. The van der Waals surface area contributed by atoms with Crippen LogP contribution in [0.25, 0.3) is 0 Å². The zero-order valence-corrected chi connectivity index (χ0v) is 16.5. The minimum atomic E-state index is -3.80. The van der Waals surface area contributed by atoms with Crippen LogP contribution >= 0.6 is 11.6 Å². The third-order valence-electron chi connectivity index (χ3n) is 5.78. The Balaban J connectivity index is 1.64. The van der Waals surface area contributed by atoms with E-state index in [0.29, 0.717) is 17.9 Å². The summed E-state index contributed by atoms with van der Waals surface area (Å²) < 4.78 is 33.5. The molecule has 27 heavy (non-hydrogen) atoms. The number of methoxy groups -OCH3 is 1. The third-order valence-corrected chi connectivity index (χ3v) is 8.04. The molecule has 0 saturated carbocycles. The molecule has 3 aliphatic heterocycles. The van der Waals surface area contributed by atoms with Gasteiger partial charge in [-0.2, -0.15) is 4.31 Å². The van der Waals surface area contributed by atoms with Gasteiger partial charge in [-0.05, 0) is 43.9 Å². The number of fused-ring (bicyclic) bond motifs is 2. The van der Waals surface area contributed by atoms with Gasteiger partial charge in [-0.25, -0.2) is 8.42 Å². The Morgan fingerprint density at radius 2 is 1.63 bits per heavy atom. The van der Waals surface area contributed by atoms with Crippen LogP contribution in [0.5, 0.6) is 5.75 Å². The van der Waals surface area contributed by atoms with Crippen LogP contribution in [0.4, 0.5) is 0 Å². The predicted molar refractivity (Wildman–Crippen MR) is 97.9 cm³/mol. The standard InChI is InChI=1S/C18H21ClN2O5S/c1-26-15-5-2-11(19)8-16(15)27(24,25)21-12-3-4-13(21)10-14(9-12)20-17(22)6-7-18(20)23/h2,5,8,12-14H,3-4,6-7,9-10H2,1H3. The van der Waals surface area contributed by atoms with Gasteiger partial charge in [-0.15, -0.1) is 0 Å². The molecular weight excluding hydrogens is 392 g/mol. The maximum atomic E-state index is 13.4. The molecule has 3 saturated heterocycles. The van der Waals surface area contributed by atoms with Gasteiger partial charge in [-0.1, -0.05) is 11.6 Å². The minimum absolute atomic E-state index is 0.0566. The minimum Gasteiger partial charge on any atom is -0.495 e. The number of rotatable bonds is 4. The van der Waals surface area contributed by atoms with Crippen molar-refractivity contribution in [2.75, 3.05) is 7.11 Å². The molecule has 0 spiro atoms. The van der Waals surface area contributed by atoms with Gasteiger partial charge in [0.05, 0.1) is 7.11 Å². The highest BCUT2D eigenvalue weighted by atomic mass is 35.5. The van der Waals surface area contributed by atoms with Crippen molar-refractivity contribution in [1.82, 2.24) is 9.21 Å². The number of carbonyl (C=O) groups excluding carboxylic acids is 2. The molecule has 4 rings (SSSR count). The van der Waals surface area contributed by atoms with Gasteiger partial charge in [-0.3, -0.25) is 14.5 Å². The molecule has 7 nitrogen and oxygen atoms in total. The number of benzene rings is 1. The van der Waals surface area contributed by atoms with Crippen molar-refractivity contribution in [2.24, 2.45) is 0 Å². The predicted octanol–water partition coefficient (Wildman–Crippen LogP) is 2.18. The number of amides is 2. The first-order valence-electron chi connectivity index (χ1n) is 9.05. The molecule has 0 aromatic heterocycles. The van der Waals surface area contributed by atoms with Gasteiger partial charge in [0.15, 0.2) is 0 Å². The Labute approximate surface area is 163 Å². The van der Waals surface area contributed by atoms with Crippen LogP contribution in [0.1, 0.15) is 38.5 Å². The summed E-state index contributed by atoms with van der Waals surface area (Å²) in [4.78, 5) is 25.6. The summed E-state index contributed by atoms with van der Waals surface area (Å²) in [7, 11) is -2.38. The van der Waals surface area contributed by atoms with E-state index in [2.05, 4.69) is 0 Å². The second-order valence-corrected chi connectivity index (χ2v) is 9.55. The van der Waals surface area contributed by atoms with E-state index < -0.39 is 10.0 Å². The molecule has 0 radical (unpaired) electrons.